The van der Waals surface area contributed by atoms with Crippen LogP contribution in [-0.2, 0) is 14.3 Å². The van der Waals surface area contributed by atoms with Crippen molar-refractivity contribution in [3.8, 4) is 0 Å². The molecule has 0 radical (unpaired) electrons. The number of alkyl halides is 1. The first kappa shape index (κ1) is 19.3. The van der Waals surface area contributed by atoms with E-state index >= 15 is 0 Å². The minimum absolute atomic E-state index is 0.194. The summed E-state index contributed by atoms with van der Waals surface area (Å²) in [7, 11) is 0. The van der Waals surface area contributed by atoms with Crippen LogP contribution in [0.1, 0.15) is 53.9 Å². The molecular weight excluding hydrogens is 350 g/mol. The van der Waals surface area contributed by atoms with Gasteiger partial charge in [-0.2, -0.15) is 0 Å². The van der Waals surface area contributed by atoms with Crippen LogP contribution in [0.25, 0.3) is 0 Å². The number of amides is 1. The molecule has 22 heavy (non-hydrogen) atoms. The van der Waals surface area contributed by atoms with Gasteiger partial charge in [0.2, 0.25) is 0 Å². The summed E-state index contributed by atoms with van der Waals surface area (Å²) in [6.45, 7) is 9.78. The third-order valence-corrected chi connectivity index (χ3v) is 4.60. The number of hydrogen-bond donors (Lipinski definition) is 1. The van der Waals surface area contributed by atoms with Gasteiger partial charge in [0, 0.05) is 11.8 Å². The van der Waals surface area contributed by atoms with Crippen LogP contribution in [-0.4, -0.2) is 35.1 Å². The highest BCUT2D eigenvalue weighted by Gasteiger charge is 2.35. The molecule has 3 atom stereocenters. The Morgan fingerprint density at radius 3 is 2.50 bits per heavy atom. The van der Waals surface area contributed by atoms with Crippen LogP contribution in [0.4, 0.5) is 4.79 Å². The van der Waals surface area contributed by atoms with Crippen molar-refractivity contribution >= 4 is 28.0 Å². The predicted molar refractivity (Wildman–Crippen MR) is 89.0 cm³/mol. The SMILES string of the molecule is CC(C)C(CBr)CC(NC(=O)OC(C)(C)C)C1CCC(=O)O1. The molecule has 0 aliphatic carbocycles. The van der Waals surface area contributed by atoms with Crippen LogP contribution in [0.15, 0.2) is 0 Å². The first-order valence-corrected chi connectivity index (χ1v) is 8.99. The Kier molecular flexibility index (Phi) is 7.16. The van der Waals surface area contributed by atoms with E-state index in [2.05, 4.69) is 35.1 Å². The smallest absolute Gasteiger partial charge is 0.408 e. The lowest BCUT2D eigenvalue weighted by Gasteiger charge is -2.30. The Balaban J connectivity index is 2.73. The summed E-state index contributed by atoms with van der Waals surface area (Å²) in [5, 5.41) is 3.74. The molecule has 3 unspecified atom stereocenters. The molecule has 1 amide bonds. The zero-order valence-electron chi connectivity index (χ0n) is 14.1. The number of halogens is 1. The third-order valence-electron chi connectivity index (χ3n) is 3.76. The van der Waals surface area contributed by atoms with Crippen LogP contribution in [0.2, 0.25) is 0 Å². The van der Waals surface area contributed by atoms with Gasteiger partial charge in [0.1, 0.15) is 11.7 Å². The topological polar surface area (TPSA) is 64.6 Å². The molecule has 1 N–H and O–H groups in total. The van der Waals surface area contributed by atoms with Gasteiger partial charge in [-0.05, 0) is 45.4 Å². The highest BCUT2D eigenvalue weighted by atomic mass is 79.9. The number of nitrogens with one attached hydrogen (secondary N) is 1. The summed E-state index contributed by atoms with van der Waals surface area (Å²) in [5.41, 5.74) is -0.548. The fourth-order valence-electron chi connectivity index (χ4n) is 2.43. The van der Waals surface area contributed by atoms with Crippen molar-refractivity contribution in [2.45, 2.75) is 71.6 Å². The average Bonchev–Trinajstić information content (AvgIpc) is 2.78. The molecule has 0 aromatic carbocycles. The van der Waals surface area contributed by atoms with Crippen LogP contribution in [0.3, 0.4) is 0 Å². The van der Waals surface area contributed by atoms with Crippen molar-refractivity contribution in [3.05, 3.63) is 0 Å². The van der Waals surface area contributed by atoms with Gasteiger partial charge in [-0.3, -0.25) is 4.79 Å². The monoisotopic (exact) mass is 377 g/mol. The number of ether oxygens (including phenoxy) is 2. The number of carbonyl (C=O) groups excluding carboxylic acids is 2. The van der Waals surface area contributed by atoms with Crippen molar-refractivity contribution in [2.24, 2.45) is 11.8 Å². The summed E-state index contributed by atoms with van der Waals surface area (Å²) in [6.07, 6.45) is 1.09. The largest absolute Gasteiger partial charge is 0.460 e. The summed E-state index contributed by atoms with van der Waals surface area (Å²) < 4.78 is 10.7. The Morgan fingerprint density at radius 1 is 1.45 bits per heavy atom. The molecule has 6 heteroatoms. The fourth-order valence-corrected chi connectivity index (χ4v) is 3.44. The first-order chi connectivity index (χ1) is 10.1. The van der Waals surface area contributed by atoms with E-state index in [0.717, 1.165) is 11.8 Å². The van der Waals surface area contributed by atoms with E-state index in [9.17, 15) is 9.59 Å². The molecular formula is C16H28BrNO4. The second-order valence-electron chi connectivity index (χ2n) is 7.21. The van der Waals surface area contributed by atoms with E-state index in [1.54, 1.807) is 0 Å². The molecule has 0 saturated carbocycles. The highest BCUT2D eigenvalue weighted by Crippen LogP contribution is 2.26. The van der Waals surface area contributed by atoms with E-state index < -0.39 is 11.7 Å². The molecule has 1 fully saturated rings. The van der Waals surface area contributed by atoms with Gasteiger partial charge >= 0.3 is 12.1 Å². The first-order valence-electron chi connectivity index (χ1n) is 7.87. The van der Waals surface area contributed by atoms with Crippen molar-refractivity contribution in [1.29, 1.82) is 0 Å². The summed E-state index contributed by atoms with van der Waals surface area (Å²) in [6, 6.07) is -0.216. The summed E-state index contributed by atoms with van der Waals surface area (Å²) in [5.74, 6) is 0.666. The minimum Gasteiger partial charge on any atom is -0.460 e. The molecule has 0 bridgehead atoms. The third kappa shape index (κ3) is 6.55. The normalized spacial score (nSPS) is 21.4. The maximum atomic E-state index is 12.1. The average molecular weight is 378 g/mol. The molecule has 0 aromatic heterocycles. The molecule has 1 rings (SSSR count). The Labute approximate surface area is 141 Å². The van der Waals surface area contributed by atoms with Gasteiger partial charge in [0.05, 0.1) is 6.04 Å². The molecule has 0 spiro atoms. The Bertz CT molecular complexity index is 392. The zero-order valence-corrected chi connectivity index (χ0v) is 15.7. The Hall–Kier alpha value is -0.780. The number of rotatable bonds is 6. The van der Waals surface area contributed by atoms with E-state index in [1.165, 1.54) is 0 Å². The maximum Gasteiger partial charge on any atom is 0.408 e. The lowest BCUT2D eigenvalue weighted by Crippen LogP contribution is -2.47. The molecule has 1 aliphatic heterocycles. The summed E-state index contributed by atoms with van der Waals surface area (Å²) in [4.78, 5) is 23.4. The second-order valence-corrected chi connectivity index (χ2v) is 7.86. The van der Waals surface area contributed by atoms with Crippen molar-refractivity contribution in [1.82, 2.24) is 5.32 Å². The number of cyclic esters (lactones) is 1. The van der Waals surface area contributed by atoms with Gasteiger partial charge in [-0.1, -0.05) is 29.8 Å². The van der Waals surface area contributed by atoms with Gasteiger partial charge < -0.3 is 14.8 Å². The molecule has 0 aromatic rings. The van der Waals surface area contributed by atoms with E-state index in [4.69, 9.17) is 9.47 Å². The van der Waals surface area contributed by atoms with Crippen molar-refractivity contribution in [2.75, 3.05) is 5.33 Å². The Morgan fingerprint density at radius 2 is 2.09 bits per heavy atom. The number of hydrogen-bond acceptors (Lipinski definition) is 4. The van der Waals surface area contributed by atoms with E-state index in [0.29, 0.717) is 24.7 Å². The predicted octanol–water partition coefficient (Wildman–Crippen LogP) is 3.64. The highest BCUT2D eigenvalue weighted by molar-refractivity contribution is 9.09. The van der Waals surface area contributed by atoms with Gasteiger partial charge in [0.25, 0.3) is 0 Å². The van der Waals surface area contributed by atoms with Crippen LogP contribution in [0, 0.1) is 11.8 Å². The quantitative estimate of drug-likeness (QED) is 0.566. The second kappa shape index (κ2) is 8.18. The lowest BCUT2D eigenvalue weighted by molar-refractivity contribution is -0.142. The van der Waals surface area contributed by atoms with Crippen LogP contribution >= 0.6 is 15.9 Å². The van der Waals surface area contributed by atoms with Crippen molar-refractivity contribution in [3.63, 3.8) is 0 Å². The molecule has 1 saturated heterocycles. The number of alkyl carbamates (subject to hydrolysis) is 1. The molecule has 1 heterocycles. The van der Waals surface area contributed by atoms with Crippen LogP contribution < -0.4 is 5.32 Å². The molecule has 1 aliphatic rings. The fraction of sp³-hybridized carbons (Fsp3) is 0.875. The zero-order chi connectivity index (χ0) is 16.9. The summed E-state index contributed by atoms with van der Waals surface area (Å²) >= 11 is 3.53. The standard InChI is InChI=1S/C16H28BrNO4/c1-10(2)11(9-17)8-12(13-6-7-14(19)21-13)18-15(20)22-16(3,4)5/h10-13H,6-9H2,1-5H3,(H,18,20). The lowest BCUT2D eigenvalue weighted by atomic mass is 9.88. The molecule has 128 valence electrons. The van der Waals surface area contributed by atoms with Gasteiger partial charge in [-0.15, -0.1) is 0 Å². The molecule has 5 nitrogen and oxygen atoms in total. The van der Waals surface area contributed by atoms with Gasteiger partial charge in [0.15, 0.2) is 0 Å². The number of esters is 1. The van der Waals surface area contributed by atoms with Crippen LogP contribution in [0.5, 0.6) is 0 Å². The maximum absolute atomic E-state index is 12.1. The van der Waals surface area contributed by atoms with E-state index in [-0.39, 0.29) is 18.1 Å². The van der Waals surface area contributed by atoms with Gasteiger partial charge in [-0.25, -0.2) is 4.79 Å². The number of carbonyl (C=O) groups is 2. The van der Waals surface area contributed by atoms with Crippen molar-refractivity contribution < 1.29 is 19.1 Å². The van der Waals surface area contributed by atoms with E-state index in [1.807, 2.05) is 20.8 Å². The minimum atomic E-state index is -0.548.